The fourth-order valence-corrected chi connectivity index (χ4v) is 2.37. The highest BCUT2D eigenvalue weighted by atomic mass is 79.9. The molecule has 0 amide bonds. The van der Waals surface area contributed by atoms with Gasteiger partial charge in [0.05, 0.1) is 6.54 Å². The van der Waals surface area contributed by atoms with Crippen molar-refractivity contribution in [1.82, 2.24) is 20.2 Å². The first kappa shape index (κ1) is 15.1. The zero-order valence-corrected chi connectivity index (χ0v) is 13.7. The minimum Gasteiger partial charge on any atom is -0.386 e. The van der Waals surface area contributed by atoms with Crippen LogP contribution in [0.3, 0.4) is 0 Å². The maximum atomic E-state index is 10.2. The standard InChI is InChI=1S/C15H12BrClN4O/c16-12-5-1-11(2-6-12)15-18-20-21(19-15)9-14(22)10-3-7-13(17)8-4-10/h1-8,14,22H,9H2/t14-/m0/s1. The molecule has 1 heterocycles. The third kappa shape index (κ3) is 3.52. The number of rotatable bonds is 4. The summed E-state index contributed by atoms with van der Waals surface area (Å²) in [4.78, 5) is 1.39. The molecule has 0 unspecified atom stereocenters. The Labute approximate surface area is 140 Å². The highest BCUT2D eigenvalue weighted by Crippen LogP contribution is 2.19. The van der Waals surface area contributed by atoms with Gasteiger partial charge in [0.2, 0.25) is 5.82 Å². The molecule has 0 spiro atoms. The summed E-state index contributed by atoms with van der Waals surface area (Å²) in [5.41, 5.74) is 1.63. The number of halogens is 2. The number of nitrogens with zero attached hydrogens (tertiary/aromatic N) is 4. The van der Waals surface area contributed by atoms with Crippen molar-refractivity contribution in [3.05, 3.63) is 63.6 Å². The van der Waals surface area contributed by atoms with Gasteiger partial charge in [-0.25, -0.2) is 0 Å². The summed E-state index contributed by atoms with van der Waals surface area (Å²) in [6.45, 7) is 0.227. The third-order valence-corrected chi connectivity index (χ3v) is 3.93. The highest BCUT2D eigenvalue weighted by Gasteiger charge is 2.12. The molecule has 0 bridgehead atoms. The Balaban J connectivity index is 1.73. The number of aromatic nitrogens is 4. The largest absolute Gasteiger partial charge is 0.386 e. The lowest BCUT2D eigenvalue weighted by Crippen LogP contribution is -2.11. The Morgan fingerprint density at radius 3 is 2.45 bits per heavy atom. The first-order chi connectivity index (χ1) is 10.6. The van der Waals surface area contributed by atoms with Crippen LogP contribution in [-0.2, 0) is 6.54 Å². The summed E-state index contributed by atoms with van der Waals surface area (Å²) in [6.07, 6.45) is -0.718. The second kappa shape index (κ2) is 6.56. The molecule has 5 nitrogen and oxygen atoms in total. The molecule has 1 atom stereocenters. The summed E-state index contributed by atoms with van der Waals surface area (Å²) in [5.74, 6) is 0.524. The predicted molar refractivity (Wildman–Crippen MR) is 87.4 cm³/mol. The lowest BCUT2D eigenvalue weighted by molar-refractivity contribution is 0.144. The minimum absolute atomic E-state index is 0.227. The van der Waals surface area contributed by atoms with E-state index >= 15 is 0 Å². The zero-order chi connectivity index (χ0) is 15.5. The van der Waals surface area contributed by atoms with Crippen molar-refractivity contribution in [2.45, 2.75) is 12.6 Å². The van der Waals surface area contributed by atoms with Crippen LogP contribution in [0.5, 0.6) is 0 Å². The van der Waals surface area contributed by atoms with E-state index in [2.05, 4.69) is 31.3 Å². The van der Waals surface area contributed by atoms with E-state index in [1.807, 2.05) is 24.3 Å². The molecule has 0 fully saturated rings. The Hall–Kier alpha value is -1.76. The van der Waals surface area contributed by atoms with E-state index in [1.54, 1.807) is 24.3 Å². The van der Waals surface area contributed by atoms with Gasteiger partial charge in [0.15, 0.2) is 0 Å². The van der Waals surface area contributed by atoms with Crippen molar-refractivity contribution in [3.8, 4) is 11.4 Å². The van der Waals surface area contributed by atoms with Crippen LogP contribution >= 0.6 is 27.5 Å². The molecule has 0 saturated heterocycles. The first-order valence-corrected chi connectivity index (χ1v) is 7.76. The predicted octanol–water partition coefficient (Wildman–Crippen LogP) is 3.49. The van der Waals surface area contributed by atoms with Crippen LogP contribution in [0, 0.1) is 0 Å². The van der Waals surface area contributed by atoms with Crippen LogP contribution in [-0.4, -0.2) is 25.3 Å². The molecule has 0 radical (unpaired) electrons. The average Bonchev–Trinajstić information content (AvgIpc) is 2.97. The average molecular weight is 380 g/mol. The van der Waals surface area contributed by atoms with Gasteiger partial charge < -0.3 is 5.11 Å². The van der Waals surface area contributed by atoms with Crippen LogP contribution in [0.1, 0.15) is 11.7 Å². The lowest BCUT2D eigenvalue weighted by atomic mass is 10.1. The number of hydrogen-bond donors (Lipinski definition) is 1. The second-order valence-corrected chi connectivity index (χ2v) is 6.09. The normalized spacial score (nSPS) is 12.3. The van der Waals surface area contributed by atoms with Crippen molar-refractivity contribution < 1.29 is 5.11 Å². The van der Waals surface area contributed by atoms with Crippen LogP contribution in [0.4, 0.5) is 0 Å². The van der Waals surface area contributed by atoms with Gasteiger partial charge in [-0.05, 0) is 47.2 Å². The van der Waals surface area contributed by atoms with E-state index in [0.29, 0.717) is 10.8 Å². The van der Waals surface area contributed by atoms with Gasteiger partial charge in [-0.2, -0.15) is 4.80 Å². The van der Waals surface area contributed by atoms with Gasteiger partial charge in [-0.15, -0.1) is 10.2 Å². The summed E-state index contributed by atoms with van der Waals surface area (Å²) in [6, 6.07) is 14.7. The fraction of sp³-hybridized carbons (Fsp3) is 0.133. The topological polar surface area (TPSA) is 63.8 Å². The van der Waals surface area contributed by atoms with Gasteiger partial charge in [0.1, 0.15) is 6.10 Å². The van der Waals surface area contributed by atoms with Crippen molar-refractivity contribution >= 4 is 27.5 Å². The van der Waals surface area contributed by atoms with Crippen LogP contribution < -0.4 is 0 Å². The van der Waals surface area contributed by atoms with Crippen LogP contribution in [0.2, 0.25) is 5.02 Å². The van der Waals surface area contributed by atoms with E-state index in [0.717, 1.165) is 15.6 Å². The smallest absolute Gasteiger partial charge is 0.204 e. The minimum atomic E-state index is -0.718. The Morgan fingerprint density at radius 2 is 1.77 bits per heavy atom. The van der Waals surface area contributed by atoms with Crippen molar-refractivity contribution in [3.63, 3.8) is 0 Å². The highest BCUT2D eigenvalue weighted by molar-refractivity contribution is 9.10. The number of tetrazole rings is 1. The van der Waals surface area contributed by atoms with Gasteiger partial charge in [-0.3, -0.25) is 0 Å². The quantitative estimate of drug-likeness (QED) is 0.753. The van der Waals surface area contributed by atoms with Crippen LogP contribution in [0.25, 0.3) is 11.4 Å². The van der Waals surface area contributed by atoms with Crippen molar-refractivity contribution in [2.75, 3.05) is 0 Å². The number of aliphatic hydroxyl groups is 1. The summed E-state index contributed by atoms with van der Waals surface area (Å²) in [5, 5.41) is 23.1. The Bertz CT molecular complexity index is 758. The molecule has 112 valence electrons. The van der Waals surface area contributed by atoms with E-state index in [-0.39, 0.29) is 6.54 Å². The van der Waals surface area contributed by atoms with E-state index in [1.165, 1.54) is 4.80 Å². The summed E-state index contributed by atoms with van der Waals surface area (Å²) in [7, 11) is 0. The second-order valence-electron chi connectivity index (χ2n) is 4.74. The maximum absolute atomic E-state index is 10.2. The molecule has 22 heavy (non-hydrogen) atoms. The molecule has 3 aromatic rings. The number of hydrogen-bond acceptors (Lipinski definition) is 4. The molecule has 0 aliphatic rings. The van der Waals surface area contributed by atoms with E-state index in [9.17, 15) is 5.11 Å². The SMILES string of the molecule is O[C@@H](Cn1nnc(-c2ccc(Br)cc2)n1)c1ccc(Cl)cc1. The number of benzene rings is 2. The van der Waals surface area contributed by atoms with Crippen LogP contribution in [0.15, 0.2) is 53.0 Å². The van der Waals surface area contributed by atoms with E-state index < -0.39 is 6.10 Å². The van der Waals surface area contributed by atoms with Gasteiger partial charge >= 0.3 is 0 Å². The van der Waals surface area contributed by atoms with Crippen molar-refractivity contribution in [1.29, 1.82) is 0 Å². The lowest BCUT2D eigenvalue weighted by Gasteiger charge is -2.09. The zero-order valence-electron chi connectivity index (χ0n) is 11.4. The molecule has 3 rings (SSSR count). The fourth-order valence-electron chi connectivity index (χ4n) is 1.98. The molecular weight excluding hydrogens is 368 g/mol. The van der Waals surface area contributed by atoms with Gasteiger partial charge in [0, 0.05) is 15.1 Å². The first-order valence-electron chi connectivity index (χ1n) is 6.59. The molecule has 1 N–H and O–H groups in total. The molecule has 7 heteroatoms. The number of aliphatic hydroxyl groups excluding tert-OH is 1. The Morgan fingerprint density at radius 1 is 1.09 bits per heavy atom. The monoisotopic (exact) mass is 378 g/mol. The summed E-state index contributed by atoms with van der Waals surface area (Å²) < 4.78 is 0.988. The van der Waals surface area contributed by atoms with E-state index in [4.69, 9.17) is 11.6 Å². The Kier molecular flexibility index (Phi) is 4.52. The molecule has 0 saturated carbocycles. The summed E-state index contributed by atoms with van der Waals surface area (Å²) >= 11 is 9.22. The molecule has 0 aliphatic carbocycles. The van der Waals surface area contributed by atoms with Crippen molar-refractivity contribution in [2.24, 2.45) is 0 Å². The molecule has 0 aliphatic heterocycles. The third-order valence-electron chi connectivity index (χ3n) is 3.15. The maximum Gasteiger partial charge on any atom is 0.204 e. The van der Waals surface area contributed by atoms with Gasteiger partial charge in [0.25, 0.3) is 0 Å². The molecule has 1 aromatic heterocycles. The molecule has 2 aromatic carbocycles. The van der Waals surface area contributed by atoms with Gasteiger partial charge in [-0.1, -0.05) is 39.7 Å². The molecular formula is C15H12BrClN4O.